The van der Waals surface area contributed by atoms with Crippen LogP contribution in [0.1, 0.15) is 52.0 Å². The minimum Gasteiger partial charge on any atom is -0.478 e. The van der Waals surface area contributed by atoms with E-state index >= 15 is 0 Å². The average Bonchev–Trinajstić information content (AvgIpc) is 2.95. The minimum atomic E-state index is -1.21. The fraction of sp³-hybridized carbons (Fsp3) is 0.389. The molecule has 1 aromatic heterocycles. The molecule has 0 unspecified atom stereocenters. The average molecular weight is 331 g/mol. The van der Waals surface area contributed by atoms with Crippen molar-refractivity contribution in [3.63, 3.8) is 0 Å². The van der Waals surface area contributed by atoms with Crippen LogP contribution in [-0.4, -0.2) is 26.7 Å². The largest absolute Gasteiger partial charge is 0.478 e. The fourth-order valence-electron chi connectivity index (χ4n) is 2.72. The van der Waals surface area contributed by atoms with E-state index in [4.69, 9.17) is 10.2 Å². The molecule has 0 aliphatic heterocycles. The number of carboxylic acids is 2. The van der Waals surface area contributed by atoms with E-state index in [0.717, 1.165) is 44.2 Å². The number of unbranched alkanes of at least 4 members (excludes halogenated alkanes) is 3. The third-order valence-corrected chi connectivity index (χ3v) is 4.00. The molecule has 0 radical (unpaired) electrons. The van der Waals surface area contributed by atoms with E-state index in [-0.39, 0.29) is 11.1 Å². The topological polar surface area (TPSA) is 83.4 Å². The smallest absolute Gasteiger partial charge is 0.336 e. The summed E-state index contributed by atoms with van der Waals surface area (Å²) in [6.07, 6.45) is 11.1. The maximum Gasteiger partial charge on any atom is 0.336 e. The van der Waals surface area contributed by atoms with Crippen molar-refractivity contribution in [1.29, 1.82) is 0 Å². The number of nitrogens with zero attached hydrogens (tertiary/aromatic N) is 2. The fourth-order valence-corrected chi connectivity index (χ4v) is 2.72. The van der Waals surface area contributed by atoms with Crippen molar-refractivity contribution in [2.24, 2.45) is 7.05 Å². The Bertz CT molecular complexity index is 722. The maximum atomic E-state index is 11.2. The minimum absolute atomic E-state index is 0.138. The van der Waals surface area contributed by atoms with Gasteiger partial charge in [0, 0.05) is 0 Å². The van der Waals surface area contributed by atoms with Crippen LogP contribution >= 0.6 is 0 Å². The Morgan fingerprint density at radius 1 is 1.04 bits per heavy atom. The molecule has 0 atom stereocenters. The van der Waals surface area contributed by atoms with E-state index in [1.165, 1.54) is 12.1 Å². The Labute approximate surface area is 141 Å². The van der Waals surface area contributed by atoms with Crippen molar-refractivity contribution in [2.45, 2.75) is 38.6 Å². The van der Waals surface area contributed by atoms with Gasteiger partial charge < -0.3 is 10.2 Å². The van der Waals surface area contributed by atoms with Crippen molar-refractivity contribution >= 4 is 11.9 Å². The van der Waals surface area contributed by atoms with Gasteiger partial charge in [0.2, 0.25) is 6.33 Å². The molecule has 0 spiro atoms. The van der Waals surface area contributed by atoms with Crippen molar-refractivity contribution in [2.75, 3.05) is 0 Å². The van der Waals surface area contributed by atoms with E-state index < -0.39 is 11.9 Å². The summed E-state index contributed by atoms with van der Waals surface area (Å²) in [5.41, 5.74) is 0.571. The highest BCUT2D eigenvalue weighted by Gasteiger charge is 2.16. The molecule has 0 aliphatic carbocycles. The number of aromatic carboxylic acids is 2. The molecule has 2 N–H and O–H groups in total. The van der Waals surface area contributed by atoms with E-state index in [9.17, 15) is 9.59 Å². The van der Waals surface area contributed by atoms with Crippen LogP contribution in [0.2, 0.25) is 0 Å². The molecule has 1 heterocycles. The van der Waals surface area contributed by atoms with E-state index in [1.54, 1.807) is 6.07 Å². The normalized spacial score (nSPS) is 10.7. The molecular weight excluding hydrogens is 308 g/mol. The number of hydrogen-bond donors (Lipinski definition) is 2. The summed E-state index contributed by atoms with van der Waals surface area (Å²) in [6, 6.07) is 4.56. The number of imidazole rings is 1. The molecule has 0 saturated carbocycles. The zero-order chi connectivity index (χ0) is 17.5. The van der Waals surface area contributed by atoms with E-state index in [0.29, 0.717) is 0 Å². The Hall–Kier alpha value is -2.63. The zero-order valence-electron chi connectivity index (χ0n) is 13.8. The lowest BCUT2D eigenvalue weighted by Crippen LogP contribution is -2.30. The molecule has 0 fully saturated rings. The maximum absolute atomic E-state index is 11.2. The summed E-state index contributed by atoms with van der Waals surface area (Å²) in [4.78, 5) is 22.2. The molecule has 6 nitrogen and oxygen atoms in total. The SMILES string of the molecule is Cn1cc[n+](CCCCCCc2ccc(C(=O)O)c(C(=O)O)c2)c1. The number of benzene rings is 1. The molecule has 0 saturated heterocycles. The summed E-state index contributed by atoms with van der Waals surface area (Å²) in [5, 5.41) is 18.1. The number of aryl methyl sites for hydroxylation is 3. The molecule has 0 amide bonds. The first kappa shape index (κ1) is 17.7. The van der Waals surface area contributed by atoms with Crippen LogP contribution < -0.4 is 4.57 Å². The van der Waals surface area contributed by atoms with Crippen molar-refractivity contribution in [1.82, 2.24) is 4.57 Å². The van der Waals surface area contributed by atoms with Crippen LogP contribution in [0.25, 0.3) is 0 Å². The lowest BCUT2D eigenvalue weighted by molar-refractivity contribution is -0.696. The van der Waals surface area contributed by atoms with Crippen LogP contribution in [0.15, 0.2) is 36.9 Å². The van der Waals surface area contributed by atoms with Gasteiger partial charge >= 0.3 is 11.9 Å². The lowest BCUT2D eigenvalue weighted by Gasteiger charge is -2.06. The second-order valence-electron chi connectivity index (χ2n) is 5.97. The van der Waals surface area contributed by atoms with Gasteiger partial charge in [-0.1, -0.05) is 12.5 Å². The van der Waals surface area contributed by atoms with Crippen LogP contribution in [-0.2, 0) is 20.0 Å². The summed E-state index contributed by atoms with van der Waals surface area (Å²) in [7, 11) is 2.00. The molecule has 24 heavy (non-hydrogen) atoms. The summed E-state index contributed by atoms with van der Waals surface area (Å²) in [5.74, 6) is -2.41. The highest BCUT2D eigenvalue weighted by Crippen LogP contribution is 2.15. The summed E-state index contributed by atoms with van der Waals surface area (Å²) >= 11 is 0. The Morgan fingerprint density at radius 3 is 2.38 bits per heavy atom. The van der Waals surface area contributed by atoms with Crippen molar-refractivity contribution in [3.8, 4) is 0 Å². The van der Waals surface area contributed by atoms with Gasteiger partial charge in [-0.3, -0.25) is 0 Å². The highest BCUT2D eigenvalue weighted by molar-refractivity contribution is 6.01. The van der Waals surface area contributed by atoms with E-state index in [1.807, 2.05) is 17.8 Å². The van der Waals surface area contributed by atoms with Gasteiger partial charge in [0.05, 0.1) is 24.7 Å². The molecular formula is C18H23N2O4+. The summed E-state index contributed by atoms with van der Waals surface area (Å²) < 4.78 is 4.17. The van der Waals surface area contributed by atoms with Gasteiger partial charge in [-0.15, -0.1) is 0 Å². The number of aromatic nitrogens is 2. The van der Waals surface area contributed by atoms with Crippen LogP contribution in [0.4, 0.5) is 0 Å². The summed E-state index contributed by atoms with van der Waals surface area (Å²) in [6.45, 7) is 0.997. The second-order valence-corrected chi connectivity index (χ2v) is 5.97. The van der Waals surface area contributed by atoms with Gasteiger partial charge in [0.25, 0.3) is 0 Å². The quantitative estimate of drug-likeness (QED) is 0.546. The zero-order valence-corrected chi connectivity index (χ0v) is 13.8. The monoisotopic (exact) mass is 331 g/mol. The Morgan fingerprint density at radius 2 is 1.75 bits per heavy atom. The first-order valence-corrected chi connectivity index (χ1v) is 8.08. The van der Waals surface area contributed by atoms with Gasteiger partial charge in [-0.2, -0.15) is 0 Å². The van der Waals surface area contributed by atoms with Gasteiger partial charge in [-0.25, -0.2) is 18.7 Å². The van der Waals surface area contributed by atoms with Gasteiger partial charge in [0.1, 0.15) is 12.4 Å². The van der Waals surface area contributed by atoms with Gasteiger partial charge in [0.15, 0.2) is 0 Å². The molecule has 0 bridgehead atoms. The van der Waals surface area contributed by atoms with E-state index in [2.05, 4.69) is 17.1 Å². The van der Waals surface area contributed by atoms with Crippen molar-refractivity contribution < 1.29 is 24.4 Å². The third kappa shape index (κ3) is 4.94. The highest BCUT2D eigenvalue weighted by atomic mass is 16.4. The van der Waals surface area contributed by atoms with Gasteiger partial charge in [-0.05, 0) is 43.4 Å². The lowest BCUT2D eigenvalue weighted by atomic mass is 10.00. The Balaban J connectivity index is 1.77. The first-order valence-electron chi connectivity index (χ1n) is 8.08. The predicted octanol–water partition coefficient (Wildman–Crippen LogP) is 2.51. The Kier molecular flexibility index (Phi) is 6.12. The number of hydrogen-bond acceptors (Lipinski definition) is 2. The molecule has 128 valence electrons. The molecule has 1 aromatic carbocycles. The molecule has 6 heteroatoms. The molecule has 0 aliphatic rings. The number of rotatable bonds is 9. The first-order chi connectivity index (χ1) is 11.5. The standard InChI is InChI=1S/C18H22N2O4/c1-19-10-11-20(13-19)9-5-3-2-4-6-14-7-8-15(17(21)22)16(12-14)18(23)24/h7-8,10-13H,2-6,9H2,1H3,(H-,21,22,23,24)/p+1. The van der Waals surface area contributed by atoms with Crippen LogP contribution in [0.5, 0.6) is 0 Å². The predicted molar refractivity (Wildman–Crippen MR) is 88.1 cm³/mol. The van der Waals surface area contributed by atoms with Crippen molar-refractivity contribution in [3.05, 3.63) is 53.6 Å². The van der Waals surface area contributed by atoms with Crippen LogP contribution in [0, 0.1) is 0 Å². The third-order valence-electron chi connectivity index (χ3n) is 4.00. The van der Waals surface area contributed by atoms with Crippen LogP contribution in [0.3, 0.4) is 0 Å². The molecule has 2 rings (SSSR count). The second kappa shape index (κ2) is 8.29. The number of carboxylic acid groups (broad SMARTS) is 2. The molecule has 2 aromatic rings. The number of carbonyl (C=O) groups is 2.